The van der Waals surface area contributed by atoms with Crippen molar-refractivity contribution in [2.24, 2.45) is 0 Å². The van der Waals surface area contributed by atoms with Gasteiger partial charge in [0.05, 0.1) is 17.8 Å². The van der Waals surface area contributed by atoms with Crippen LogP contribution in [0.2, 0.25) is 5.02 Å². The summed E-state index contributed by atoms with van der Waals surface area (Å²) in [5.41, 5.74) is 0. The van der Waals surface area contributed by atoms with Crippen molar-refractivity contribution < 1.29 is 18.7 Å². The lowest BCUT2D eigenvalue weighted by Gasteiger charge is -2.17. The van der Waals surface area contributed by atoms with Crippen LogP contribution in [0.25, 0.3) is 0 Å². The molecule has 0 saturated heterocycles. The molecule has 0 aliphatic heterocycles. The number of hydrogen-bond acceptors (Lipinski definition) is 4. The van der Waals surface area contributed by atoms with E-state index in [1.807, 2.05) is 12.1 Å². The summed E-state index contributed by atoms with van der Waals surface area (Å²) < 4.78 is 10.6. The van der Waals surface area contributed by atoms with Crippen LogP contribution in [0.3, 0.4) is 0 Å². The minimum Gasteiger partial charge on any atom is -0.490 e. The number of furan rings is 1. The Balaban J connectivity index is 1.60. The van der Waals surface area contributed by atoms with Gasteiger partial charge in [0.25, 0.3) is 5.91 Å². The molecule has 0 unspecified atom stereocenters. The molecule has 0 saturated carbocycles. The van der Waals surface area contributed by atoms with Gasteiger partial charge >= 0.3 is 0 Å². The molecule has 0 aliphatic carbocycles. The van der Waals surface area contributed by atoms with Crippen LogP contribution < -0.4 is 10.1 Å². The van der Waals surface area contributed by atoms with E-state index in [-0.39, 0.29) is 17.6 Å². The number of rotatable bonds is 9. The SMILES string of the molecule is CN(CCOc1ccccc1Cl)C(=O)CCCNC(=O)c1ccco1. The summed E-state index contributed by atoms with van der Waals surface area (Å²) in [6.07, 6.45) is 2.35. The molecule has 0 bridgehead atoms. The normalized spacial score (nSPS) is 10.3. The van der Waals surface area contributed by atoms with Crippen molar-refractivity contribution >= 4 is 23.4 Å². The largest absolute Gasteiger partial charge is 0.490 e. The lowest BCUT2D eigenvalue weighted by molar-refractivity contribution is -0.130. The number of nitrogens with one attached hydrogen (secondary N) is 1. The second kappa shape index (κ2) is 9.74. The number of amides is 2. The van der Waals surface area contributed by atoms with Gasteiger partial charge in [0.1, 0.15) is 12.4 Å². The maximum Gasteiger partial charge on any atom is 0.286 e. The molecule has 7 heteroatoms. The van der Waals surface area contributed by atoms with E-state index in [0.29, 0.717) is 43.3 Å². The summed E-state index contributed by atoms with van der Waals surface area (Å²) in [4.78, 5) is 25.3. The molecule has 0 fully saturated rings. The molecular formula is C18H21ClN2O4. The van der Waals surface area contributed by atoms with E-state index in [2.05, 4.69) is 5.32 Å². The second-order valence-electron chi connectivity index (χ2n) is 5.43. The molecule has 25 heavy (non-hydrogen) atoms. The van der Waals surface area contributed by atoms with Crippen LogP contribution in [0.5, 0.6) is 5.75 Å². The maximum atomic E-state index is 12.0. The summed E-state index contributed by atoms with van der Waals surface area (Å²) >= 11 is 6.00. The van der Waals surface area contributed by atoms with Crippen molar-refractivity contribution in [3.05, 3.63) is 53.4 Å². The molecule has 0 aliphatic rings. The molecule has 0 atom stereocenters. The predicted octanol–water partition coefficient (Wildman–Crippen LogP) is 2.98. The molecule has 2 rings (SSSR count). The third-order valence-corrected chi connectivity index (χ3v) is 3.86. The first-order valence-electron chi connectivity index (χ1n) is 8.01. The van der Waals surface area contributed by atoms with Crippen molar-refractivity contribution in [1.29, 1.82) is 0 Å². The highest BCUT2D eigenvalue weighted by atomic mass is 35.5. The Morgan fingerprint density at radius 3 is 2.76 bits per heavy atom. The van der Waals surface area contributed by atoms with Crippen LogP contribution in [0.1, 0.15) is 23.4 Å². The van der Waals surface area contributed by atoms with Crippen LogP contribution in [0.4, 0.5) is 0 Å². The van der Waals surface area contributed by atoms with Gasteiger partial charge in [-0.25, -0.2) is 0 Å². The Bertz CT molecular complexity index is 688. The molecule has 1 N–H and O–H groups in total. The first kappa shape index (κ1) is 18.9. The Hall–Kier alpha value is -2.47. The Kier molecular flexibility index (Phi) is 7.35. The number of carbonyl (C=O) groups excluding carboxylic acids is 2. The molecule has 1 aromatic carbocycles. The lowest BCUT2D eigenvalue weighted by Crippen LogP contribution is -2.32. The Labute approximate surface area is 151 Å². The fourth-order valence-corrected chi connectivity index (χ4v) is 2.30. The zero-order valence-corrected chi connectivity index (χ0v) is 14.8. The molecule has 134 valence electrons. The van der Waals surface area contributed by atoms with E-state index in [9.17, 15) is 9.59 Å². The van der Waals surface area contributed by atoms with E-state index < -0.39 is 0 Å². The van der Waals surface area contributed by atoms with Gasteiger partial charge in [-0.3, -0.25) is 9.59 Å². The van der Waals surface area contributed by atoms with Crippen LogP contribution in [0, 0.1) is 0 Å². The highest BCUT2D eigenvalue weighted by Gasteiger charge is 2.11. The molecule has 2 aromatic rings. The Morgan fingerprint density at radius 2 is 2.04 bits per heavy atom. The van der Waals surface area contributed by atoms with Crippen LogP contribution >= 0.6 is 11.6 Å². The smallest absolute Gasteiger partial charge is 0.286 e. The number of halogens is 1. The van der Waals surface area contributed by atoms with Crippen LogP contribution in [-0.4, -0.2) is 43.5 Å². The Morgan fingerprint density at radius 1 is 1.24 bits per heavy atom. The van der Waals surface area contributed by atoms with Crippen molar-refractivity contribution in [3.63, 3.8) is 0 Å². The minimum absolute atomic E-state index is 0.00462. The monoisotopic (exact) mass is 364 g/mol. The molecule has 0 spiro atoms. The summed E-state index contributed by atoms with van der Waals surface area (Å²) in [5, 5.41) is 3.25. The number of nitrogens with zero attached hydrogens (tertiary/aromatic N) is 1. The number of likely N-dealkylation sites (N-methyl/N-ethyl adjacent to an activating group) is 1. The minimum atomic E-state index is -0.279. The first-order chi connectivity index (χ1) is 12.1. The summed E-state index contributed by atoms with van der Waals surface area (Å²) in [5.74, 6) is 0.583. The van der Waals surface area contributed by atoms with Gasteiger partial charge in [-0.2, -0.15) is 0 Å². The lowest BCUT2D eigenvalue weighted by atomic mass is 10.2. The van der Waals surface area contributed by atoms with Gasteiger partial charge in [-0.1, -0.05) is 23.7 Å². The topological polar surface area (TPSA) is 71.8 Å². The van der Waals surface area contributed by atoms with Gasteiger partial charge < -0.3 is 19.4 Å². The van der Waals surface area contributed by atoms with E-state index in [0.717, 1.165) is 0 Å². The van der Waals surface area contributed by atoms with Gasteiger partial charge in [0, 0.05) is 20.0 Å². The summed E-state index contributed by atoms with van der Waals surface area (Å²) in [6, 6.07) is 10.4. The molecular weight excluding hydrogens is 344 g/mol. The maximum absolute atomic E-state index is 12.0. The first-order valence-corrected chi connectivity index (χ1v) is 8.38. The zero-order valence-electron chi connectivity index (χ0n) is 14.0. The molecule has 1 heterocycles. The number of ether oxygens (including phenoxy) is 1. The number of hydrogen-bond donors (Lipinski definition) is 1. The molecule has 0 radical (unpaired) electrons. The quantitative estimate of drug-likeness (QED) is 0.694. The standard InChI is InChI=1S/C18H21ClN2O4/c1-21(11-13-25-15-7-3-2-6-14(15)19)17(22)9-4-10-20-18(23)16-8-5-12-24-16/h2-3,5-8,12H,4,9-11,13H2,1H3,(H,20,23). The van der Waals surface area contributed by atoms with Crippen molar-refractivity contribution in [3.8, 4) is 5.75 Å². The summed E-state index contributed by atoms with van der Waals surface area (Å²) in [7, 11) is 1.72. The number of para-hydroxylation sites is 1. The molecule has 1 aromatic heterocycles. The average molecular weight is 365 g/mol. The molecule has 6 nitrogen and oxygen atoms in total. The summed E-state index contributed by atoms with van der Waals surface area (Å²) in [6.45, 7) is 1.24. The van der Waals surface area contributed by atoms with E-state index >= 15 is 0 Å². The van der Waals surface area contributed by atoms with Crippen LogP contribution in [-0.2, 0) is 4.79 Å². The van der Waals surface area contributed by atoms with Crippen molar-refractivity contribution in [2.75, 3.05) is 26.7 Å². The third kappa shape index (κ3) is 6.15. The number of benzene rings is 1. The second-order valence-corrected chi connectivity index (χ2v) is 5.84. The highest BCUT2D eigenvalue weighted by molar-refractivity contribution is 6.32. The van der Waals surface area contributed by atoms with Crippen LogP contribution in [0.15, 0.2) is 47.1 Å². The molecule has 2 amide bonds. The number of carbonyl (C=O) groups is 2. The van der Waals surface area contributed by atoms with Gasteiger partial charge in [0.15, 0.2) is 5.76 Å². The average Bonchev–Trinajstić information content (AvgIpc) is 3.14. The fourth-order valence-electron chi connectivity index (χ4n) is 2.11. The van der Waals surface area contributed by atoms with E-state index in [1.54, 1.807) is 36.2 Å². The van der Waals surface area contributed by atoms with Gasteiger partial charge in [-0.15, -0.1) is 0 Å². The third-order valence-electron chi connectivity index (χ3n) is 3.54. The predicted molar refractivity (Wildman–Crippen MR) is 94.9 cm³/mol. The zero-order chi connectivity index (χ0) is 18.1. The fraction of sp³-hybridized carbons (Fsp3) is 0.333. The van der Waals surface area contributed by atoms with Crippen molar-refractivity contribution in [2.45, 2.75) is 12.8 Å². The van der Waals surface area contributed by atoms with Gasteiger partial charge in [-0.05, 0) is 30.7 Å². The van der Waals surface area contributed by atoms with Gasteiger partial charge in [0.2, 0.25) is 5.91 Å². The van der Waals surface area contributed by atoms with Crippen molar-refractivity contribution in [1.82, 2.24) is 10.2 Å². The van der Waals surface area contributed by atoms with E-state index in [1.165, 1.54) is 6.26 Å². The highest BCUT2D eigenvalue weighted by Crippen LogP contribution is 2.22. The van der Waals surface area contributed by atoms with E-state index in [4.69, 9.17) is 20.8 Å².